The highest BCUT2D eigenvalue weighted by molar-refractivity contribution is 5.68. The van der Waals surface area contributed by atoms with Gasteiger partial charge in [-0.15, -0.1) is 0 Å². The standard InChI is InChI=1S/C24H21N3O4/c1-14-22(16-8-11-20(28)21(12-16)31-2)19-5-3-4-17(13-25)24(19)26-23(14)15-6-9-18(10-7-15)27(29)30/h3-12,14,22-23,26,28H,1-2H3/t14-,22+,23-/m0/s1. The number of nitriles is 1. The Morgan fingerprint density at radius 3 is 2.48 bits per heavy atom. The van der Waals surface area contributed by atoms with Gasteiger partial charge in [0.05, 0.1) is 29.3 Å². The quantitative estimate of drug-likeness (QED) is 0.452. The van der Waals surface area contributed by atoms with Crippen LogP contribution in [0.1, 0.15) is 41.1 Å². The fraction of sp³-hybridized carbons (Fsp3) is 0.208. The second kappa shape index (κ2) is 8.00. The first-order chi connectivity index (χ1) is 14.9. The molecule has 0 saturated carbocycles. The lowest BCUT2D eigenvalue weighted by molar-refractivity contribution is -0.384. The molecule has 2 N–H and O–H groups in total. The molecule has 4 rings (SSSR count). The molecule has 1 aliphatic heterocycles. The molecule has 7 nitrogen and oxygen atoms in total. The van der Waals surface area contributed by atoms with E-state index in [0.29, 0.717) is 11.3 Å². The van der Waals surface area contributed by atoms with Gasteiger partial charge in [0.2, 0.25) is 0 Å². The van der Waals surface area contributed by atoms with Crippen molar-refractivity contribution in [3.05, 3.63) is 93.0 Å². The van der Waals surface area contributed by atoms with Crippen molar-refractivity contribution >= 4 is 11.4 Å². The van der Waals surface area contributed by atoms with Crippen LogP contribution in [0.25, 0.3) is 0 Å². The molecule has 3 aromatic carbocycles. The lowest BCUT2D eigenvalue weighted by atomic mass is 9.72. The molecule has 0 aromatic heterocycles. The monoisotopic (exact) mass is 415 g/mol. The Bertz CT molecular complexity index is 1180. The van der Waals surface area contributed by atoms with Gasteiger partial charge in [0, 0.05) is 18.1 Å². The van der Waals surface area contributed by atoms with Crippen LogP contribution in [0.4, 0.5) is 11.4 Å². The fourth-order valence-electron chi connectivity index (χ4n) is 4.41. The zero-order valence-corrected chi connectivity index (χ0v) is 17.1. The summed E-state index contributed by atoms with van der Waals surface area (Å²) in [5.74, 6) is 0.398. The predicted molar refractivity (Wildman–Crippen MR) is 116 cm³/mol. The summed E-state index contributed by atoms with van der Waals surface area (Å²) >= 11 is 0. The average Bonchev–Trinajstić information content (AvgIpc) is 2.79. The minimum atomic E-state index is -0.421. The van der Waals surface area contributed by atoms with Gasteiger partial charge in [-0.25, -0.2) is 0 Å². The molecule has 0 saturated heterocycles. The lowest BCUT2D eigenvalue weighted by Crippen LogP contribution is -2.31. The molecule has 3 atom stereocenters. The number of ether oxygens (including phenoxy) is 1. The highest BCUT2D eigenvalue weighted by Gasteiger charge is 2.37. The summed E-state index contributed by atoms with van der Waals surface area (Å²) < 4.78 is 5.31. The van der Waals surface area contributed by atoms with Gasteiger partial charge in [-0.2, -0.15) is 5.26 Å². The fourth-order valence-corrected chi connectivity index (χ4v) is 4.41. The molecule has 0 spiro atoms. The summed E-state index contributed by atoms with van der Waals surface area (Å²) in [5, 5.41) is 34.3. The van der Waals surface area contributed by atoms with Crippen molar-refractivity contribution in [1.29, 1.82) is 5.26 Å². The number of nitro benzene ring substituents is 1. The highest BCUT2D eigenvalue weighted by atomic mass is 16.6. The van der Waals surface area contributed by atoms with Crippen LogP contribution in [-0.4, -0.2) is 17.1 Å². The number of nitrogens with one attached hydrogen (secondary N) is 1. The molecule has 3 aromatic rings. The van der Waals surface area contributed by atoms with Gasteiger partial charge < -0.3 is 15.2 Å². The minimum absolute atomic E-state index is 0.0325. The highest BCUT2D eigenvalue weighted by Crippen LogP contribution is 2.49. The van der Waals surface area contributed by atoms with Gasteiger partial charge in [0.25, 0.3) is 5.69 Å². The van der Waals surface area contributed by atoms with Crippen LogP contribution in [0.3, 0.4) is 0 Å². The van der Waals surface area contributed by atoms with Gasteiger partial charge in [-0.1, -0.05) is 37.3 Å². The van der Waals surface area contributed by atoms with E-state index < -0.39 is 4.92 Å². The SMILES string of the molecule is COc1cc([C@@H]2c3cccc(C#N)c3N[C@H](c3ccc([N+](=O)[O-])cc3)[C@H]2C)ccc1O. The molecule has 0 amide bonds. The van der Waals surface area contributed by atoms with Crippen molar-refractivity contribution in [3.63, 3.8) is 0 Å². The predicted octanol–water partition coefficient (Wildman–Crippen LogP) is 5.12. The number of anilines is 1. The number of hydrogen-bond donors (Lipinski definition) is 2. The number of para-hydroxylation sites is 1. The summed E-state index contributed by atoms with van der Waals surface area (Å²) in [4.78, 5) is 10.6. The molecule has 0 unspecified atom stereocenters. The Kier molecular flexibility index (Phi) is 5.22. The van der Waals surface area contributed by atoms with E-state index in [-0.39, 0.29) is 29.3 Å². The number of hydrogen-bond acceptors (Lipinski definition) is 6. The van der Waals surface area contributed by atoms with Gasteiger partial charge in [-0.05, 0) is 40.8 Å². The summed E-state index contributed by atoms with van der Waals surface area (Å²) in [6.07, 6.45) is 0. The van der Waals surface area contributed by atoms with E-state index in [4.69, 9.17) is 4.74 Å². The maximum atomic E-state index is 11.0. The van der Waals surface area contributed by atoms with E-state index in [1.165, 1.54) is 19.2 Å². The van der Waals surface area contributed by atoms with Crippen molar-refractivity contribution in [2.24, 2.45) is 5.92 Å². The minimum Gasteiger partial charge on any atom is -0.504 e. The van der Waals surface area contributed by atoms with Crippen LogP contribution in [0.2, 0.25) is 0 Å². The zero-order chi connectivity index (χ0) is 22.1. The normalized spacial score (nSPS) is 19.6. The average molecular weight is 415 g/mol. The Hall–Kier alpha value is -4.05. The summed E-state index contributed by atoms with van der Waals surface area (Å²) in [6, 6.07) is 19.5. The van der Waals surface area contributed by atoms with Gasteiger partial charge in [-0.3, -0.25) is 10.1 Å². The molecule has 31 heavy (non-hydrogen) atoms. The number of methoxy groups -OCH3 is 1. The topological polar surface area (TPSA) is 108 Å². The third-order valence-electron chi connectivity index (χ3n) is 5.93. The summed E-state index contributed by atoms with van der Waals surface area (Å²) in [7, 11) is 1.51. The molecule has 0 fully saturated rings. The Morgan fingerprint density at radius 1 is 1.13 bits per heavy atom. The third kappa shape index (κ3) is 3.53. The van der Waals surface area contributed by atoms with Crippen LogP contribution >= 0.6 is 0 Å². The van der Waals surface area contributed by atoms with E-state index in [9.17, 15) is 20.5 Å². The Labute approximate surface area is 179 Å². The Morgan fingerprint density at radius 2 is 1.84 bits per heavy atom. The molecular weight excluding hydrogens is 394 g/mol. The lowest BCUT2D eigenvalue weighted by Gasteiger charge is -2.40. The van der Waals surface area contributed by atoms with E-state index in [2.05, 4.69) is 18.3 Å². The number of benzene rings is 3. The first-order valence-corrected chi connectivity index (χ1v) is 9.85. The van der Waals surface area contributed by atoms with E-state index in [0.717, 1.165) is 22.4 Å². The maximum Gasteiger partial charge on any atom is 0.269 e. The van der Waals surface area contributed by atoms with Crippen LogP contribution in [0, 0.1) is 27.4 Å². The summed E-state index contributed by atoms with van der Waals surface area (Å²) in [5.41, 5.74) is 4.15. The number of non-ortho nitro benzene ring substituents is 1. The van der Waals surface area contributed by atoms with Crippen molar-refractivity contribution in [2.75, 3.05) is 12.4 Å². The van der Waals surface area contributed by atoms with Crippen LogP contribution in [0.15, 0.2) is 60.7 Å². The van der Waals surface area contributed by atoms with E-state index >= 15 is 0 Å². The molecular formula is C24H21N3O4. The van der Waals surface area contributed by atoms with Crippen molar-refractivity contribution < 1.29 is 14.8 Å². The second-order valence-corrected chi connectivity index (χ2v) is 7.62. The summed E-state index contributed by atoms with van der Waals surface area (Å²) in [6.45, 7) is 2.10. The number of phenolic OH excluding ortho intramolecular Hbond substituents is 1. The largest absolute Gasteiger partial charge is 0.504 e. The van der Waals surface area contributed by atoms with Crippen LogP contribution in [-0.2, 0) is 0 Å². The van der Waals surface area contributed by atoms with Crippen molar-refractivity contribution in [3.8, 4) is 17.6 Å². The van der Waals surface area contributed by atoms with E-state index in [1.54, 1.807) is 24.3 Å². The van der Waals surface area contributed by atoms with Crippen LogP contribution in [0.5, 0.6) is 11.5 Å². The van der Waals surface area contributed by atoms with Gasteiger partial charge in [0.1, 0.15) is 6.07 Å². The number of phenols is 1. The number of fused-ring (bicyclic) bond motifs is 1. The molecule has 0 bridgehead atoms. The Balaban J connectivity index is 1.86. The number of nitro groups is 1. The van der Waals surface area contributed by atoms with Crippen molar-refractivity contribution in [2.45, 2.75) is 18.9 Å². The number of nitrogens with zero attached hydrogens (tertiary/aromatic N) is 2. The van der Waals surface area contributed by atoms with Crippen LogP contribution < -0.4 is 10.1 Å². The van der Waals surface area contributed by atoms with E-state index in [1.807, 2.05) is 24.3 Å². The smallest absolute Gasteiger partial charge is 0.269 e. The zero-order valence-electron chi connectivity index (χ0n) is 17.1. The van der Waals surface area contributed by atoms with Crippen molar-refractivity contribution in [1.82, 2.24) is 0 Å². The molecule has 1 heterocycles. The molecule has 156 valence electrons. The molecule has 0 radical (unpaired) electrons. The second-order valence-electron chi connectivity index (χ2n) is 7.62. The van der Waals surface area contributed by atoms with Gasteiger partial charge >= 0.3 is 0 Å². The third-order valence-corrected chi connectivity index (χ3v) is 5.93. The molecule has 1 aliphatic rings. The first-order valence-electron chi connectivity index (χ1n) is 9.85. The molecule has 7 heteroatoms. The first kappa shape index (κ1) is 20.2. The number of aromatic hydroxyl groups is 1. The van der Waals surface area contributed by atoms with Gasteiger partial charge in [0.15, 0.2) is 11.5 Å². The number of rotatable bonds is 4. The molecule has 0 aliphatic carbocycles. The maximum absolute atomic E-state index is 11.0.